The molecule has 0 atom stereocenters. The number of hydrogen-bond acceptors (Lipinski definition) is 3. The summed E-state index contributed by atoms with van der Waals surface area (Å²) in [6, 6.07) is 10.5. The summed E-state index contributed by atoms with van der Waals surface area (Å²) in [4.78, 5) is -0.532. The first-order valence-electron chi connectivity index (χ1n) is 5.53. The highest BCUT2D eigenvalue weighted by Gasteiger charge is 2.22. The second kappa shape index (κ2) is 4.89. The molecular formula is C13H13FN2O2S. The molecular weight excluding hydrogens is 267 g/mol. The fourth-order valence-electron chi connectivity index (χ4n) is 1.64. The maximum Gasteiger partial charge on any atom is 0.266 e. The minimum absolute atomic E-state index is 0.125. The molecule has 0 spiro atoms. The number of hydrogen-bond donors (Lipinski definition) is 2. The van der Waals surface area contributed by atoms with Crippen LogP contribution in [0.2, 0.25) is 0 Å². The smallest absolute Gasteiger partial charge is 0.266 e. The normalized spacial score (nSPS) is 11.3. The number of sulfonamides is 1. The molecule has 3 N–H and O–H groups in total. The van der Waals surface area contributed by atoms with Crippen molar-refractivity contribution < 1.29 is 12.8 Å². The monoisotopic (exact) mass is 280 g/mol. The topological polar surface area (TPSA) is 72.2 Å². The van der Waals surface area contributed by atoms with Crippen LogP contribution in [0.5, 0.6) is 0 Å². The highest BCUT2D eigenvalue weighted by atomic mass is 32.2. The van der Waals surface area contributed by atoms with E-state index in [0.29, 0.717) is 5.69 Å². The summed E-state index contributed by atoms with van der Waals surface area (Å²) >= 11 is 0. The van der Waals surface area contributed by atoms with Crippen LogP contribution in [0.4, 0.5) is 15.8 Å². The van der Waals surface area contributed by atoms with Crippen LogP contribution in [0.3, 0.4) is 0 Å². The number of halogens is 1. The summed E-state index contributed by atoms with van der Waals surface area (Å²) < 4.78 is 40.1. The molecule has 0 heterocycles. The van der Waals surface area contributed by atoms with E-state index < -0.39 is 20.7 Å². The van der Waals surface area contributed by atoms with Crippen LogP contribution in [-0.4, -0.2) is 8.42 Å². The standard InChI is InChI=1S/C13H13FN2O2S/c1-9-5-7-10(8-6-9)16-19(17,18)13-11(14)3-2-4-12(13)15/h2-8,16H,15H2,1H3. The minimum atomic E-state index is -4.04. The van der Waals surface area contributed by atoms with Crippen molar-refractivity contribution >= 4 is 21.4 Å². The second-order valence-corrected chi connectivity index (χ2v) is 5.75. The Hall–Kier alpha value is -2.08. The molecule has 0 aromatic heterocycles. The summed E-state index contributed by atoms with van der Waals surface area (Å²) in [5.74, 6) is -0.875. The Morgan fingerprint density at radius 2 is 1.74 bits per heavy atom. The molecule has 2 aromatic carbocycles. The van der Waals surface area contributed by atoms with Crippen molar-refractivity contribution in [3.8, 4) is 0 Å². The van der Waals surface area contributed by atoms with Gasteiger partial charge in [-0.1, -0.05) is 23.8 Å². The predicted molar refractivity (Wildman–Crippen MR) is 72.8 cm³/mol. The lowest BCUT2D eigenvalue weighted by Gasteiger charge is -2.11. The molecule has 0 saturated heterocycles. The SMILES string of the molecule is Cc1ccc(NS(=O)(=O)c2c(N)cccc2F)cc1. The lowest BCUT2D eigenvalue weighted by Crippen LogP contribution is -2.16. The maximum atomic E-state index is 13.6. The van der Waals surface area contributed by atoms with E-state index >= 15 is 0 Å². The molecule has 0 fully saturated rings. The number of nitrogens with two attached hydrogens (primary N) is 1. The molecule has 2 aromatic rings. The maximum absolute atomic E-state index is 13.6. The van der Waals surface area contributed by atoms with E-state index in [1.165, 1.54) is 12.1 Å². The molecule has 19 heavy (non-hydrogen) atoms. The number of anilines is 2. The Balaban J connectivity index is 2.41. The van der Waals surface area contributed by atoms with E-state index in [9.17, 15) is 12.8 Å². The first-order valence-corrected chi connectivity index (χ1v) is 7.02. The highest BCUT2D eigenvalue weighted by molar-refractivity contribution is 7.92. The Labute approximate surface area is 111 Å². The largest absolute Gasteiger partial charge is 0.398 e. The predicted octanol–water partition coefficient (Wildman–Crippen LogP) is 2.52. The van der Waals surface area contributed by atoms with Gasteiger partial charge >= 0.3 is 0 Å². The number of nitrogen functional groups attached to an aromatic ring is 1. The Kier molecular flexibility index (Phi) is 3.44. The highest BCUT2D eigenvalue weighted by Crippen LogP contribution is 2.24. The average Bonchev–Trinajstić information content (AvgIpc) is 2.31. The second-order valence-electron chi connectivity index (χ2n) is 4.13. The van der Waals surface area contributed by atoms with Gasteiger partial charge in [0.15, 0.2) is 0 Å². The number of rotatable bonds is 3. The van der Waals surface area contributed by atoms with Crippen LogP contribution in [0.1, 0.15) is 5.56 Å². The Morgan fingerprint density at radius 1 is 1.11 bits per heavy atom. The number of nitrogens with one attached hydrogen (secondary N) is 1. The molecule has 0 amide bonds. The van der Waals surface area contributed by atoms with Crippen LogP contribution in [0.15, 0.2) is 47.4 Å². The van der Waals surface area contributed by atoms with Crippen LogP contribution < -0.4 is 10.5 Å². The van der Waals surface area contributed by atoms with Crippen molar-refractivity contribution in [3.05, 3.63) is 53.8 Å². The van der Waals surface area contributed by atoms with Crippen LogP contribution >= 0.6 is 0 Å². The van der Waals surface area contributed by atoms with E-state index in [1.54, 1.807) is 24.3 Å². The van der Waals surface area contributed by atoms with E-state index in [4.69, 9.17) is 5.73 Å². The van der Waals surface area contributed by atoms with Gasteiger partial charge < -0.3 is 5.73 Å². The zero-order valence-corrected chi connectivity index (χ0v) is 11.0. The molecule has 0 unspecified atom stereocenters. The van der Waals surface area contributed by atoms with E-state index in [2.05, 4.69) is 4.72 Å². The third-order valence-corrected chi connectivity index (χ3v) is 4.04. The number of benzene rings is 2. The average molecular weight is 280 g/mol. The van der Waals surface area contributed by atoms with Gasteiger partial charge in [-0.05, 0) is 31.2 Å². The molecule has 0 saturated carbocycles. The van der Waals surface area contributed by atoms with Gasteiger partial charge in [-0.25, -0.2) is 12.8 Å². The van der Waals surface area contributed by atoms with Gasteiger partial charge in [0.25, 0.3) is 10.0 Å². The third kappa shape index (κ3) is 2.85. The Morgan fingerprint density at radius 3 is 2.32 bits per heavy atom. The van der Waals surface area contributed by atoms with Crippen molar-refractivity contribution in [3.63, 3.8) is 0 Å². The first kappa shape index (κ1) is 13.4. The molecule has 0 aliphatic carbocycles. The quantitative estimate of drug-likeness (QED) is 0.848. The molecule has 0 radical (unpaired) electrons. The van der Waals surface area contributed by atoms with Crippen molar-refractivity contribution in [1.29, 1.82) is 0 Å². The van der Waals surface area contributed by atoms with Gasteiger partial charge in [-0.3, -0.25) is 4.72 Å². The molecule has 6 heteroatoms. The van der Waals surface area contributed by atoms with Gasteiger partial charge in [0.1, 0.15) is 10.7 Å². The molecule has 100 valence electrons. The molecule has 0 bridgehead atoms. The zero-order chi connectivity index (χ0) is 14.0. The van der Waals surface area contributed by atoms with Crippen LogP contribution in [-0.2, 0) is 10.0 Å². The molecule has 2 rings (SSSR count). The molecule has 0 aliphatic heterocycles. The van der Waals surface area contributed by atoms with E-state index in [0.717, 1.165) is 11.6 Å². The summed E-state index contributed by atoms with van der Waals surface area (Å²) in [5, 5.41) is 0. The fraction of sp³-hybridized carbons (Fsp3) is 0.0769. The minimum Gasteiger partial charge on any atom is -0.398 e. The molecule has 0 aliphatic rings. The zero-order valence-electron chi connectivity index (χ0n) is 10.2. The van der Waals surface area contributed by atoms with Gasteiger partial charge in [0, 0.05) is 5.69 Å². The van der Waals surface area contributed by atoms with Crippen molar-refractivity contribution in [2.75, 3.05) is 10.5 Å². The summed E-state index contributed by atoms with van der Waals surface area (Å²) in [6.07, 6.45) is 0. The summed E-state index contributed by atoms with van der Waals surface area (Å²) in [5.41, 5.74) is 6.75. The van der Waals surface area contributed by atoms with Gasteiger partial charge in [0.2, 0.25) is 0 Å². The third-order valence-electron chi connectivity index (χ3n) is 2.57. The van der Waals surface area contributed by atoms with E-state index in [1.807, 2.05) is 6.92 Å². The van der Waals surface area contributed by atoms with Crippen molar-refractivity contribution in [2.45, 2.75) is 11.8 Å². The van der Waals surface area contributed by atoms with Gasteiger partial charge in [-0.15, -0.1) is 0 Å². The van der Waals surface area contributed by atoms with Crippen LogP contribution in [0.25, 0.3) is 0 Å². The van der Waals surface area contributed by atoms with E-state index in [-0.39, 0.29) is 5.69 Å². The van der Waals surface area contributed by atoms with Gasteiger partial charge in [0.05, 0.1) is 5.69 Å². The summed E-state index contributed by atoms with van der Waals surface area (Å²) in [7, 11) is -4.04. The summed E-state index contributed by atoms with van der Waals surface area (Å²) in [6.45, 7) is 1.88. The number of aryl methyl sites for hydroxylation is 1. The molecule has 4 nitrogen and oxygen atoms in total. The Bertz CT molecular complexity index is 677. The van der Waals surface area contributed by atoms with Crippen molar-refractivity contribution in [1.82, 2.24) is 0 Å². The lowest BCUT2D eigenvalue weighted by molar-refractivity contribution is 0.572. The lowest BCUT2D eigenvalue weighted by atomic mass is 10.2. The van der Waals surface area contributed by atoms with Gasteiger partial charge in [-0.2, -0.15) is 0 Å². The van der Waals surface area contributed by atoms with Crippen LogP contribution in [0, 0.1) is 12.7 Å². The first-order chi connectivity index (χ1) is 8.90. The van der Waals surface area contributed by atoms with Crippen molar-refractivity contribution in [2.24, 2.45) is 0 Å². The fourth-order valence-corrected chi connectivity index (χ4v) is 2.89.